The summed E-state index contributed by atoms with van der Waals surface area (Å²) in [6.45, 7) is -0.246. The minimum Gasteiger partial charge on any atom is -0.492 e. The van der Waals surface area contributed by atoms with Gasteiger partial charge in [0.15, 0.2) is 9.84 Å². The number of hydrogen-bond donors (Lipinski definition) is 1. The molecular weight excluding hydrogens is 288 g/mol. The van der Waals surface area contributed by atoms with Gasteiger partial charge >= 0.3 is 11.9 Å². The second-order valence-electron chi connectivity index (χ2n) is 3.82. The Morgan fingerprint density at radius 1 is 1.25 bits per heavy atom. The van der Waals surface area contributed by atoms with Crippen LogP contribution in [0.5, 0.6) is 5.75 Å². The zero-order chi connectivity index (χ0) is 15.2. The predicted octanol–water partition coefficient (Wildman–Crippen LogP) is 0.351. The van der Waals surface area contributed by atoms with Gasteiger partial charge in [0.2, 0.25) is 0 Å². The van der Waals surface area contributed by atoms with Gasteiger partial charge in [0, 0.05) is 0 Å². The highest BCUT2D eigenvalue weighted by molar-refractivity contribution is 7.92. The Bertz CT molecular complexity index is 592. The lowest BCUT2D eigenvalue weighted by atomic mass is 10.2. The van der Waals surface area contributed by atoms with Crippen molar-refractivity contribution < 1.29 is 32.6 Å². The third kappa shape index (κ3) is 4.88. The van der Waals surface area contributed by atoms with Gasteiger partial charge in [-0.25, -0.2) is 13.2 Å². The standard InChI is InChI=1S/C12H14O7S/c1-18-11(13)8-20(16,17)7-6-19-10-5-3-2-4-9(10)12(14)15/h2-5H,6-8H2,1H3,(H,14,15). The Morgan fingerprint density at radius 2 is 1.90 bits per heavy atom. The van der Waals surface area contributed by atoms with Crippen molar-refractivity contribution in [3.63, 3.8) is 0 Å². The van der Waals surface area contributed by atoms with E-state index in [1.165, 1.54) is 18.2 Å². The number of sulfone groups is 1. The van der Waals surface area contributed by atoms with E-state index in [2.05, 4.69) is 4.74 Å². The van der Waals surface area contributed by atoms with Gasteiger partial charge in [-0.15, -0.1) is 0 Å². The highest BCUT2D eigenvalue weighted by Crippen LogP contribution is 2.17. The first-order valence-electron chi connectivity index (χ1n) is 5.58. The van der Waals surface area contributed by atoms with E-state index in [-0.39, 0.29) is 17.9 Å². The molecule has 0 bridgehead atoms. The molecular formula is C12H14O7S. The van der Waals surface area contributed by atoms with Crippen molar-refractivity contribution in [2.45, 2.75) is 0 Å². The number of ether oxygens (including phenoxy) is 2. The molecule has 0 fully saturated rings. The zero-order valence-electron chi connectivity index (χ0n) is 10.7. The normalized spacial score (nSPS) is 10.8. The van der Waals surface area contributed by atoms with E-state index in [1.54, 1.807) is 6.07 Å². The van der Waals surface area contributed by atoms with Crippen molar-refractivity contribution in [1.29, 1.82) is 0 Å². The van der Waals surface area contributed by atoms with E-state index in [0.29, 0.717) is 0 Å². The fourth-order valence-corrected chi connectivity index (χ4v) is 2.32. The summed E-state index contributed by atoms with van der Waals surface area (Å²) in [5.41, 5.74) is -0.0575. The molecule has 0 saturated heterocycles. The molecule has 0 aromatic heterocycles. The van der Waals surface area contributed by atoms with Crippen LogP contribution >= 0.6 is 0 Å². The lowest BCUT2D eigenvalue weighted by molar-refractivity contribution is -0.137. The quantitative estimate of drug-likeness (QED) is 0.724. The highest BCUT2D eigenvalue weighted by Gasteiger charge is 2.18. The first kappa shape index (κ1) is 16.0. The summed E-state index contributed by atoms with van der Waals surface area (Å²) in [5.74, 6) is -3.08. The van der Waals surface area contributed by atoms with Gasteiger partial charge in [0.05, 0.1) is 12.9 Å². The van der Waals surface area contributed by atoms with Gasteiger partial charge in [-0.05, 0) is 12.1 Å². The summed E-state index contributed by atoms with van der Waals surface area (Å²) in [7, 11) is -2.55. The van der Waals surface area contributed by atoms with E-state index in [1.807, 2.05) is 0 Å². The number of para-hydroxylation sites is 1. The van der Waals surface area contributed by atoms with Crippen molar-refractivity contribution in [1.82, 2.24) is 0 Å². The summed E-state index contributed by atoms with van der Waals surface area (Å²) < 4.78 is 32.4. The first-order valence-corrected chi connectivity index (χ1v) is 7.40. The number of hydrogen-bond acceptors (Lipinski definition) is 6. The van der Waals surface area contributed by atoms with Crippen molar-refractivity contribution >= 4 is 21.8 Å². The van der Waals surface area contributed by atoms with Crippen LogP contribution in [-0.2, 0) is 19.4 Å². The monoisotopic (exact) mass is 302 g/mol. The molecule has 1 aromatic carbocycles. The van der Waals surface area contributed by atoms with Crippen LogP contribution in [0.1, 0.15) is 10.4 Å². The minimum atomic E-state index is -3.64. The zero-order valence-corrected chi connectivity index (χ0v) is 11.6. The fourth-order valence-electron chi connectivity index (χ4n) is 1.36. The molecule has 0 saturated carbocycles. The highest BCUT2D eigenvalue weighted by atomic mass is 32.2. The molecule has 0 atom stereocenters. The lowest BCUT2D eigenvalue weighted by Gasteiger charge is -2.09. The van der Waals surface area contributed by atoms with Crippen molar-refractivity contribution in [2.24, 2.45) is 0 Å². The average Bonchev–Trinajstić information content (AvgIpc) is 2.38. The Labute approximate surface area is 116 Å². The Kier molecular flexibility index (Phi) is 5.51. The number of esters is 1. The van der Waals surface area contributed by atoms with E-state index in [9.17, 15) is 18.0 Å². The van der Waals surface area contributed by atoms with Crippen LogP contribution in [0.4, 0.5) is 0 Å². The van der Waals surface area contributed by atoms with Crippen molar-refractivity contribution in [3.8, 4) is 5.75 Å². The largest absolute Gasteiger partial charge is 0.492 e. The molecule has 110 valence electrons. The van der Waals surface area contributed by atoms with Crippen LogP contribution in [0, 0.1) is 0 Å². The molecule has 0 aliphatic rings. The van der Waals surface area contributed by atoms with Crippen LogP contribution in [-0.4, -0.2) is 50.7 Å². The number of carboxylic acid groups (broad SMARTS) is 1. The molecule has 8 heteroatoms. The van der Waals surface area contributed by atoms with Gasteiger partial charge < -0.3 is 14.6 Å². The average molecular weight is 302 g/mol. The SMILES string of the molecule is COC(=O)CS(=O)(=O)CCOc1ccccc1C(=O)O. The maximum atomic E-state index is 11.5. The molecule has 0 heterocycles. The summed E-state index contributed by atoms with van der Waals surface area (Å²) >= 11 is 0. The third-order valence-corrected chi connectivity index (χ3v) is 3.80. The third-order valence-electron chi connectivity index (χ3n) is 2.33. The topological polar surface area (TPSA) is 107 Å². The van der Waals surface area contributed by atoms with Crippen LogP contribution < -0.4 is 4.74 Å². The number of methoxy groups -OCH3 is 1. The number of carboxylic acids is 1. The molecule has 0 spiro atoms. The predicted molar refractivity (Wildman–Crippen MR) is 69.6 cm³/mol. The van der Waals surface area contributed by atoms with Crippen LogP contribution in [0.15, 0.2) is 24.3 Å². The maximum Gasteiger partial charge on any atom is 0.339 e. The van der Waals surface area contributed by atoms with E-state index >= 15 is 0 Å². The minimum absolute atomic E-state index is 0.0575. The number of carbonyl (C=O) groups excluding carboxylic acids is 1. The summed E-state index contributed by atoms with van der Waals surface area (Å²) in [5, 5.41) is 8.92. The first-order chi connectivity index (χ1) is 9.35. The van der Waals surface area contributed by atoms with E-state index in [4.69, 9.17) is 9.84 Å². The van der Waals surface area contributed by atoms with E-state index in [0.717, 1.165) is 7.11 Å². The van der Waals surface area contributed by atoms with Gasteiger partial charge in [-0.1, -0.05) is 12.1 Å². The maximum absolute atomic E-state index is 11.5. The van der Waals surface area contributed by atoms with Crippen molar-refractivity contribution in [2.75, 3.05) is 25.2 Å². The number of benzene rings is 1. The second-order valence-corrected chi connectivity index (χ2v) is 6.00. The molecule has 1 rings (SSSR count). The van der Waals surface area contributed by atoms with Gasteiger partial charge in [0.1, 0.15) is 23.7 Å². The smallest absolute Gasteiger partial charge is 0.339 e. The Balaban J connectivity index is 2.61. The summed E-state index contributed by atoms with van der Waals surface area (Å²) in [6.07, 6.45) is 0. The molecule has 0 aliphatic carbocycles. The Morgan fingerprint density at radius 3 is 2.50 bits per heavy atom. The number of aromatic carboxylic acids is 1. The second kappa shape index (κ2) is 6.90. The molecule has 0 radical (unpaired) electrons. The molecule has 0 amide bonds. The number of carbonyl (C=O) groups is 2. The van der Waals surface area contributed by atoms with Gasteiger partial charge in [-0.3, -0.25) is 4.79 Å². The molecule has 20 heavy (non-hydrogen) atoms. The van der Waals surface area contributed by atoms with E-state index < -0.39 is 33.3 Å². The number of rotatable bonds is 7. The molecule has 0 aliphatic heterocycles. The summed E-state index contributed by atoms with van der Waals surface area (Å²) in [6, 6.07) is 5.88. The van der Waals surface area contributed by atoms with Gasteiger partial charge in [0.25, 0.3) is 0 Å². The van der Waals surface area contributed by atoms with Crippen molar-refractivity contribution in [3.05, 3.63) is 29.8 Å². The molecule has 1 aromatic rings. The fraction of sp³-hybridized carbons (Fsp3) is 0.333. The van der Waals surface area contributed by atoms with Gasteiger partial charge in [-0.2, -0.15) is 0 Å². The molecule has 1 N–H and O–H groups in total. The molecule has 7 nitrogen and oxygen atoms in total. The molecule has 0 unspecified atom stereocenters. The Hall–Kier alpha value is -2.09. The van der Waals surface area contributed by atoms with Crippen LogP contribution in [0.25, 0.3) is 0 Å². The van der Waals surface area contributed by atoms with Crippen LogP contribution in [0.2, 0.25) is 0 Å². The lowest BCUT2D eigenvalue weighted by Crippen LogP contribution is -2.23. The van der Waals surface area contributed by atoms with Crippen LogP contribution in [0.3, 0.4) is 0 Å². The summed E-state index contributed by atoms with van der Waals surface area (Å²) in [4.78, 5) is 21.8.